The summed E-state index contributed by atoms with van der Waals surface area (Å²) in [5, 5.41) is 2.73. The van der Waals surface area contributed by atoms with Crippen LogP contribution in [0.4, 0.5) is 5.69 Å². The zero-order valence-corrected chi connectivity index (χ0v) is 11.1. The molecule has 1 saturated heterocycles. The summed E-state index contributed by atoms with van der Waals surface area (Å²) in [6, 6.07) is 4.94. The number of aryl methyl sites for hydroxylation is 1. The lowest BCUT2D eigenvalue weighted by Crippen LogP contribution is -2.55. The number of rotatable bonds is 2. The first-order chi connectivity index (χ1) is 9.04. The number of nitrogens with one attached hydrogen (secondary N) is 2. The van der Waals surface area contributed by atoms with Gasteiger partial charge in [0.1, 0.15) is 6.04 Å². The van der Waals surface area contributed by atoms with E-state index < -0.39 is 6.04 Å². The number of nitrogens with zero attached hydrogens (tertiary/aromatic N) is 1. The van der Waals surface area contributed by atoms with E-state index in [0.29, 0.717) is 24.3 Å². The molecule has 0 saturated carbocycles. The quantitative estimate of drug-likeness (QED) is 0.526. The van der Waals surface area contributed by atoms with Crippen LogP contribution in [-0.2, 0) is 4.79 Å². The summed E-state index contributed by atoms with van der Waals surface area (Å²) in [6.45, 7) is 4.61. The molecule has 102 valence electrons. The third-order valence-corrected chi connectivity index (χ3v) is 3.32. The Bertz CT molecular complexity index is 515. The lowest BCUT2D eigenvalue weighted by molar-refractivity contribution is -0.127. The summed E-state index contributed by atoms with van der Waals surface area (Å²) in [5.41, 5.74) is 4.54. The van der Waals surface area contributed by atoms with E-state index in [1.165, 1.54) is 0 Å². The Labute approximate surface area is 111 Å². The zero-order valence-electron chi connectivity index (χ0n) is 11.1. The first-order valence-electron chi connectivity index (χ1n) is 6.20. The second-order valence-electron chi connectivity index (χ2n) is 4.66. The number of carbonyl (C=O) groups is 2. The Morgan fingerprint density at radius 1 is 1.53 bits per heavy atom. The third-order valence-electron chi connectivity index (χ3n) is 3.32. The van der Waals surface area contributed by atoms with Crippen molar-refractivity contribution in [3.05, 3.63) is 29.3 Å². The second-order valence-corrected chi connectivity index (χ2v) is 4.66. The highest BCUT2D eigenvalue weighted by Gasteiger charge is 2.30. The first-order valence-corrected chi connectivity index (χ1v) is 6.20. The predicted molar refractivity (Wildman–Crippen MR) is 72.5 cm³/mol. The van der Waals surface area contributed by atoms with Gasteiger partial charge in [0.15, 0.2) is 0 Å². The van der Waals surface area contributed by atoms with E-state index in [2.05, 4.69) is 10.7 Å². The normalized spacial score (nSPS) is 19.0. The molecule has 6 nitrogen and oxygen atoms in total. The van der Waals surface area contributed by atoms with Crippen molar-refractivity contribution in [1.29, 1.82) is 0 Å². The summed E-state index contributed by atoms with van der Waals surface area (Å²) >= 11 is 0. The van der Waals surface area contributed by atoms with Gasteiger partial charge in [-0.3, -0.25) is 15.4 Å². The molecule has 0 spiro atoms. The van der Waals surface area contributed by atoms with Crippen LogP contribution in [0.15, 0.2) is 18.2 Å². The number of anilines is 1. The van der Waals surface area contributed by atoms with Crippen LogP contribution in [0.5, 0.6) is 0 Å². The highest BCUT2D eigenvalue weighted by atomic mass is 16.2. The predicted octanol–water partition coefficient (Wildman–Crippen LogP) is 0.241. The Balaban J connectivity index is 2.33. The summed E-state index contributed by atoms with van der Waals surface area (Å²) in [4.78, 5) is 25.7. The summed E-state index contributed by atoms with van der Waals surface area (Å²) in [5.74, 6) is 5.12. The van der Waals surface area contributed by atoms with Gasteiger partial charge < -0.3 is 15.6 Å². The summed E-state index contributed by atoms with van der Waals surface area (Å²) < 4.78 is 0. The fourth-order valence-corrected chi connectivity index (χ4v) is 2.18. The van der Waals surface area contributed by atoms with Gasteiger partial charge in [-0.2, -0.15) is 0 Å². The van der Waals surface area contributed by atoms with Gasteiger partial charge in [0.25, 0.3) is 5.91 Å². The van der Waals surface area contributed by atoms with E-state index in [1.807, 2.05) is 13.0 Å². The number of nitrogens with two attached hydrogens (primary N) is 1. The highest BCUT2D eigenvalue weighted by molar-refractivity contribution is 6.02. The molecule has 1 aliphatic heterocycles. The number of carbonyl (C=O) groups excluding carboxylic acids is 2. The molecule has 1 heterocycles. The van der Waals surface area contributed by atoms with Crippen LogP contribution in [-0.4, -0.2) is 35.8 Å². The maximum atomic E-state index is 12.5. The van der Waals surface area contributed by atoms with Crippen LogP contribution in [0.3, 0.4) is 0 Å². The molecule has 1 aromatic carbocycles. The average molecular weight is 262 g/mol. The molecular formula is C13H18N4O2. The lowest BCUT2D eigenvalue weighted by atomic mass is 10.1. The SMILES string of the molecule is Cc1ccc(NN)c(C(=O)N2CCNC(=O)C2C)c1. The second kappa shape index (κ2) is 5.27. The van der Waals surface area contributed by atoms with Crippen molar-refractivity contribution >= 4 is 17.5 Å². The van der Waals surface area contributed by atoms with E-state index in [-0.39, 0.29) is 11.8 Å². The number of hydrazine groups is 1. The lowest BCUT2D eigenvalue weighted by Gasteiger charge is -2.33. The van der Waals surface area contributed by atoms with Crippen LogP contribution < -0.4 is 16.6 Å². The minimum absolute atomic E-state index is 0.130. The molecular weight excluding hydrogens is 244 g/mol. The first kappa shape index (κ1) is 13.4. The van der Waals surface area contributed by atoms with Gasteiger partial charge in [-0.05, 0) is 26.0 Å². The van der Waals surface area contributed by atoms with E-state index in [9.17, 15) is 9.59 Å². The molecule has 1 aliphatic rings. The Kier molecular flexibility index (Phi) is 3.71. The topological polar surface area (TPSA) is 87.5 Å². The van der Waals surface area contributed by atoms with Crippen LogP contribution in [0.25, 0.3) is 0 Å². The standard InChI is InChI=1S/C13H18N4O2/c1-8-3-4-11(16-14)10(7-8)13(19)17-6-5-15-12(18)9(17)2/h3-4,7,9,16H,5-6,14H2,1-2H3,(H,15,18). The average Bonchev–Trinajstić information content (AvgIpc) is 2.41. The Hall–Kier alpha value is -2.08. The molecule has 1 aromatic rings. The maximum Gasteiger partial charge on any atom is 0.256 e. The minimum atomic E-state index is -0.465. The Morgan fingerprint density at radius 2 is 2.26 bits per heavy atom. The van der Waals surface area contributed by atoms with Gasteiger partial charge in [-0.1, -0.05) is 11.6 Å². The van der Waals surface area contributed by atoms with E-state index in [1.54, 1.807) is 24.0 Å². The molecule has 1 fully saturated rings. The van der Waals surface area contributed by atoms with Gasteiger partial charge >= 0.3 is 0 Å². The zero-order chi connectivity index (χ0) is 14.0. The molecule has 0 aliphatic carbocycles. The van der Waals surface area contributed by atoms with E-state index in [4.69, 9.17) is 5.84 Å². The van der Waals surface area contributed by atoms with Gasteiger partial charge in [0.2, 0.25) is 5.91 Å². The van der Waals surface area contributed by atoms with Crippen molar-refractivity contribution in [3.63, 3.8) is 0 Å². The van der Waals surface area contributed by atoms with Crippen molar-refractivity contribution in [3.8, 4) is 0 Å². The molecule has 0 radical (unpaired) electrons. The fraction of sp³-hybridized carbons (Fsp3) is 0.385. The van der Waals surface area contributed by atoms with Crippen LogP contribution in [0, 0.1) is 6.92 Å². The number of nitrogen functional groups attached to an aromatic ring is 1. The van der Waals surface area contributed by atoms with Gasteiger partial charge in [0, 0.05) is 13.1 Å². The van der Waals surface area contributed by atoms with Crippen molar-refractivity contribution in [2.45, 2.75) is 19.9 Å². The summed E-state index contributed by atoms with van der Waals surface area (Å²) in [6.07, 6.45) is 0. The molecule has 0 bridgehead atoms. The molecule has 4 N–H and O–H groups in total. The largest absolute Gasteiger partial charge is 0.353 e. The van der Waals surface area contributed by atoms with Crippen molar-refractivity contribution < 1.29 is 9.59 Å². The van der Waals surface area contributed by atoms with Gasteiger partial charge in [0.05, 0.1) is 11.3 Å². The van der Waals surface area contributed by atoms with Crippen LogP contribution in [0.2, 0.25) is 0 Å². The van der Waals surface area contributed by atoms with Gasteiger partial charge in [-0.25, -0.2) is 0 Å². The Morgan fingerprint density at radius 3 is 2.95 bits per heavy atom. The number of hydrogen-bond acceptors (Lipinski definition) is 4. The van der Waals surface area contributed by atoms with E-state index >= 15 is 0 Å². The van der Waals surface area contributed by atoms with E-state index in [0.717, 1.165) is 5.56 Å². The summed E-state index contributed by atoms with van der Waals surface area (Å²) in [7, 11) is 0. The van der Waals surface area contributed by atoms with Crippen molar-refractivity contribution in [2.24, 2.45) is 5.84 Å². The maximum absolute atomic E-state index is 12.5. The number of amides is 2. The molecule has 1 unspecified atom stereocenters. The third kappa shape index (κ3) is 2.53. The minimum Gasteiger partial charge on any atom is -0.353 e. The molecule has 0 aromatic heterocycles. The molecule has 2 rings (SSSR count). The fourth-order valence-electron chi connectivity index (χ4n) is 2.18. The molecule has 2 amide bonds. The van der Waals surface area contributed by atoms with Crippen LogP contribution >= 0.6 is 0 Å². The van der Waals surface area contributed by atoms with Crippen molar-refractivity contribution in [2.75, 3.05) is 18.5 Å². The number of piperazine rings is 1. The highest BCUT2D eigenvalue weighted by Crippen LogP contribution is 2.20. The van der Waals surface area contributed by atoms with Crippen LogP contribution in [0.1, 0.15) is 22.8 Å². The van der Waals surface area contributed by atoms with Crippen molar-refractivity contribution in [1.82, 2.24) is 10.2 Å². The van der Waals surface area contributed by atoms with Gasteiger partial charge in [-0.15, -0.1) is 0 Å². The smallest absolute Gasteiger partial charge is 0.256 e. The molecule has 1 atom stereocenters. The monoisotopic (exact) mass is 262 g/mol. The molecule has 6 heteroatoms. The number of benzene rings is 1. The number of hydrogen-bond donors (Lipinski definition) is 3. The molecule has 19 heavy (non-hydrogen) atoms.